The number of amides is 1. The van der Waals surface area contributed by atoms with E-state index in [2.05, 4.69) is 20.3 Å². The molecule has 5 rings (SSSR count). The minimum absolute atomic E-state index is 0.0989. The molecule has 1 N–H and O–H groups in total. The van der Waals surface area contributed by atoms with Gasteiger partial charge in [0.15, 0.2) is 0 Å². The number of carbonyl (C=O) groups is 1. The van der Waals surface area contributed by atoms with Crippen LogP contribution in [0.1, 0.15) is 12.8 Å². The lowest BCUT2D eigenvalue weighted by atomic mass is 9.92. The summed E-state index contributed by atoms with van der Waals surface area (Å²) in [5.74, 6) is 0.812. The Bertz CT molecular complexity index is 1180. The molecule has 3 aliphatic rings. The second-order valence-electron chi connectivity index (χ2n) is 8.63. The van der Waals surface area contributed by atoms with E-state index in [1.54, 1.807) is 17.7 Å². The van der Waals surface area contributed by atoms with Crippen molar-refractivity contribution in [2.75, 3.05) is 58.3 Å². The summed E-state index contributed by atoms with van der Waals surface area (Å²) in [7, 11) is -0.399. The van der Waals surface area contributed by atoms with Gasteiger partial charge < -0.3 is 9.80 Å². The molecule has 178 valence electrons. The molecule has 1 spiro atoms. The Kier molecular flexibility index (Phi) is 5.77. The van der Waals surface area contributed by atoms with Crippen molar-refractivity contribution in [3.63, 3.8) is 0 Å². The molecule has 3 aliphatic heterocycles. The number of aromatic nitrogens is 2. The first-order chi connectivity index (χ1) is 15.8. The Morgan fingerprint density at radius 1 is 1.15 bits per heavy atom. The van der Waals surface area contributed by atoms with Crippen molar-refractivity contribution < 1.29 is 18.0 Å². The quantitative estimate of drug-likeness (QED) is 0.652. The molecule has 1 amide bonds. The number of fused-ring (bicyclic) bond motifs is 1. The van der Waals surface area contributed by atoms with Gasteiger partial charge >= 0.3 is 0 Å². The molecule has 0 unspecified atom stereocenters. The van der Waals surface area contributed by atoms with Gasteiger partial charge in [-0.2, -0.15) is 17.0 Å². The lowest BCUT2D eigenvalue weighted by Gasteiger charge is -2.36. The molecule has 2 fully saturated rings. The number of hydrogen-bond donors (Lipinski definition) is 1. The number of piperidine rings is 1. The van der Waals surface area contributed by atoms with E-state index in [9.17, 15) is 13.2 Å². The SMILES string of the molecule is CN(C)S(=O)(=O)N1CCC2(C=C(C(=O)N3CCN(c4ncnc5sccc45)CC3)NO2)CC1. The van der Waals surface area contributed by atoms with Gasteiger partial charge in [-0.3, -0.25) is 15.1 Å². The third kappa shape index (κ3) is 4.08. The van der Waals surface area contributed by atoms with Crippen LogP contribution in [-0.2, 0) is 19.8 Å². The first-order valence-corrected chi connectivity index (χ1v) is 13.1. The van der Waals surface area contributed by atoms with Crippen LogP contribution >= 0.6 is 11.3 Å². The third-order valence-corrected chi connectivity index (χ3v) is 9.23. The highest BCUT2D eigenvalue weighted by atomic mass is 32.2. The van der Waals surface area contributed by atoms with Crippen LogP contribution in [0, 0.1) is 0 Å². The summed E-state index contributed by atoms with van der Waals surface area (Å²) in [6.07, 6.45) is 4.40. The topological polar surface area (TPSA) is 111 Å². The van der Waals surface area contributed by atoms with Crippen molar-refractivity contribution in [2.24, 2.45) is 0 Å². The molecule has 2 saturated heterocycles. The van der Waals surface area contributed by atoms with E-state index in [-0.39, 0.29) is 5.91 Å². The lowest BCUT2D eigenvalue weighted by Crippen LogP contribution is -2.50. The van der Waals surface area contributed by atoms with Crippen LogP contribution in [0.4, 0.5) is 5.82 Å². The highest BCUT2D eigenvalue weighted by Gasteiger charge is 2.43. The Labute approximate surface area is 196 Å². The standard InChI is InChI=1S/C20H27N7O4S2/c1-24(2)33(29,30)27-6-4-20(5-7-27)13-16(23-31-20)19(28)26-10-8-25(9-11-26)17-15-3-12-32-18(15)22-14-21-17/h3,12-14,23H,4-11H2,1-2H3. The van der Waals surface area contributed by atoms with E-state index in [1.807, 2.05) is 22.4 Å². The third-order valence-electron chi connectivity index (χ3n) is 6.47. The van der Waals surface area contributed by atoms with Gasteiger partial charge in [-0.25, -0.2) is 9.97 Å². The number of thiophene rings is 1. The van der Waals surface area contributed by atoms with E-state index in [1.165, 1.54) is 22.7 Å². The Morgan fingerprint density at radius 2 is 1.88 bits per heavy atom. The molecule has 0 atom stereocenters. The van der Waals surface area contributed by atoms with E-state index in [0.29, 0.717) is 57.8 Å². The van der Waals surface area contributed by atoms with Crippen molar-refractivity contribution in [1.82, 2.24) is 29.0 Å². The van der Waals surface area contributed by atoms with Gasteiger partial charge in [0.2, 0.25) is 0 Å². The highest BCUT2D eigenvalue weighted by molar-refractivity contribution is 7.86. The van der Waals surface area contributed by atoms with Crippen LogP contribution in [0.3, 0.4) is 0 Å². The van der Waals surface area contributed by atoms with Gasteiger partial charge in [0, 0.05) is 53.4 Å². The largest absolute Gasteiger partial charge is 0.352 e. The maximum absolute atomic E-state index is 13.1. The van der Waals surface area contributed by atoms with Crippen LogP contribution < -0.4 is 10.4 Å². The van der Waals surface area contributed by atoms with Crippen LogP contribution in [0.15, 0.2) is 29.5 Å². The van der Waals surface area contributed by atoms with Crippen LogP contribution in [0.5, 0.6) is 0 Å². The summed E-state index contributed by atoms with van der Waals surface area (Å²) in [6, 6.07) is 2.03. The van der Waals surface area contributed by atoms with Crippen LogP contribution in [-0.4, -0.2) is 96.8 Å². The second kappa shape index (κ2) is 8.47. The van der Waals surface area contributed by atoms with Gasteiger partial charge in [0.1, 0.15) is 28.3 Å². The summed E-state index contributed by atoms with van der Waals surface area (Å²) in [4.78, 5) is 32.7. The van der Waals surface area contributed by atoms with E-state index >= 15 is 0 Å². The number of nitrogens with zero attached hydrogens (tertiary/aromatic N) is 6. The van der Waals surface area contributed by atoms with Crippen molar-refractivity contribution in [3.8, 4) is 0 Å². The summed E-state index contributed by atoms with van der Waals surface area (Å²) < 4.78 is 27.4. The zero-order valence-corrected chi connectivity index (χ0v) is 20.2. The van der Waals surface area contributed by atoms with E-state index < -0.39 is 15.8 Å². The normalized spacial score (nSPS) is 21.6. The zero-order chi connectivity index (χ0) is 23.2. The number of hydrogen-bond acceptors (Lipinski definition) is 9. The minimum Gasteiger partial charge on any atom is -0.352 e. The van der Waals surface area contributed by atoms with Crippen LogP contribution in [0.2, 0.25) is 0 Å². The Balaban J connectivity index is 1.21. The number of piperazine rings is 1. The predicted molar refractivity (Wildman–Crippen MR) is 125 cm³/mol. The number of nitrogens with one attached hydrogen (secondary N) is 1. The van der Waals surface area contributed by atoms with E-state index in [4.69, 9.17) is 4.84 Å². The Hall–Kier alpha value is -2.32. The van der Waals surface area contributed by atoms with Crippen molar-refractivity contribution in [1.29, 1.82) is 0 Å². The first kappa shape index (κ1) is 22.5. The molecule has 0 radical (unpaired) electrons. The molecular weight excluding hydrogens is 466 g/mol. The Morgan fingerprint density at radius 3 is 2.58 bits per heavy atom. The molecule has 33 heavy (non-hydrogen) atoms. The molecule has 13 heteroatoms. The number of hydroxylamine groups is 1. The molecule has 0 bridgehead atoms. The molecule has 0 aliphatic carbocycles. The molecule has 2 aromatic rings. The summed E-state index contributed by atoms with van der Waals surface area (Å²) in [5, 5.41) is 3.05. The maximum atomic E-state index is 13.1. The molecule has 0 aromatic carbocycles. The maximum Gasteiger partial charge on any atom is 0.281 e. The van der Waals surface area contributed by atoms with Gasteiger partial charge in [-0.05, 0) is 30.4 Å². The smallest absolute Gasteiger partial charge is 0.281 e. The minimum atomic E-state index is -3.45. The van der Waals surface area contributed by atoms with Gasteiger partial charge in [0.25, 0.3) is 16.1 Å². The fourth-order valence-electron chi connectivity index (χ4n) is 4.48. The lowest BCUT2D eigenvalue weighted by molar-refractivity contribution is -0.129. The average Bonchev–Trinajstić information content (AvgIpc) is 3.46. The predicted octanol–water partition coefficient (Wildman–Crippen LogP) is 0.400. The number of carbonyl (C=O) groups excluding carboxylic acids is 1. The van der Waals surface area contributed by atoms with Crippen molar-refractivity contribution in [3.05, 3.63) is 29.5 Å². The van der Waals surface area contributed by atoms with Crippen molar-refractivity contribution >= 4 is 43.5 Å². The summed E-state index contributed by atoms with van der Waals surface area (Å²) >= 11 is 1.59. The number of anilines is 1. The molecule has 2 aromatic heterocycles. The zero-order valence-electron chi connectivity index (χ0n) is 18.6. The monoisotopic (exact) mass is 493 g/mol. The van der Waals surface area contributed by atoms with Crippen LogP contribution in [0.25, 0.3) is 10.2 Å². The fourth-order valence-corrected chi connectivity index (χ4v) is 6.31. The highest BCUT2D eigenvalue weighted by Crippen LogP contribution is 2.34. The molecule has 11 nitrogen and oxygen atoms in total. The first-order valence-electron chi connectivity index (χ1n) is 10.9. The molecule has 0 saturated carbocycles. The average molecular weight is 494 g/mol. The second-order valence-corrected chi connectivity index (χ2v) is 11.7. The summed E-state index contributed by atoms with van der Waals surface area (Å²) in [6.45, 7) is 3.21. The fraction of sp³-hybridized carbons (Fsp3) is 0.550. The van der Waals surface area contributed by atoms with Gasteiger partial charge in [-0.15, -0.1) is 11.3 Å². The van der Waals surface area contributed by atoms with Gasteiger partial charge in [0.05, 0.1) is 5.39 Å². The van der Waals surface area contributed by atoms with Gasteiger partial charge in [-0.1, -0.05) is 0 Å². The van der Waals surface area contributed by atoms with E-state index in [0.717, 1.165) is 16.0 Å². The summed E-state index contributed by atoms with van der Waals surface area (Å²) in [5.41, 5.74) is 2.58. The van der Waals surface area contributed by atoms with Crippen molar-refractivity contribution in [2.45, 2.75) is 18.4 Å². The number of rotatable bonds is 4. The molecular formula is C20H27N7O4S2. The molecule has 5 heterocycles.